The largest absolute Gasteiger partial charge is 0.432 e. The van der Waals surface area contributed by atoms with E-state index >= 15 is 0 Å². The number of halogens is 4. The summed E-state index contributed by atoms with van der Waals surface area (Å²) in [4.78, 5) is 16.2. The van der Waals surface area contributed by atoms with Gasteiger partial charge in [0.2, 0.25) is 0 Å². The first-order chi connectivity index (χ1) is 7.39. The molecule has 1 N–H and O–H groups in total. The second-order valence-corrected chi connectivity index (χ2v) is 3.90. The predicted molar refractivity (Wildman–Crippen MR) is 55.1 cm³/mol. The van der Waals surface area contributed by atoms with Crippen molar-refractivity contribution < 1.29 is 13.2 Å². The number of hydrogen-bond donors (Lipinski definition) is 1. The van der Waals surface area contributed by atoms with E-state index in [-0.39, 0.29) is 15.4 Å². The van der Waals surface area contributed by atoms with Crippen molar-refractivity contribution in [2.24, 2.45) is 0 Å². The molecule has 0 unspecified atom stereocenters. The van der Waals surface area contributed by atoms with Crippen molar-refractivity contribution in [2.75, 3.05) is 0 Å². The van der Waals surface area contributed by atoms with E-state index in [4.69, 9.17) is 0 Å². The molecule has 0 fully saturated rings. The highest BCUT2D eigenvalue weighted by Crippen LogP contribution is 2.34. The van der Waals surface area contributed by atoms with E-state index in [0.29, 0.717) is 0 Å². The van der Waals surface area contributed by atoms with E-state index in [9.17, 15) is 18.0 Å². The Morgan fingerprint density at radius 1 is 1.31 bits per heavy atom. The molecule has 7 heteroatoms. The van der Waals surface area contributed by atoms with E-state index < -0.39 is 17.6 Å². The first-order valence-corrected chi connectivity index (χ1v) is 4.94. The van der Waals surface area contributed by atoms with Crippen LogP contribution in [0.4, 0.5) is 13.2 Å². The molecule has 84 valence electrons. The molecule has 0 saturated heterocycles. The number of nitrogens with one attached hydrogen (secondary N) is 1. The molecule has 2 rings (SSSR count). The van der Waals surface area contributed by atoms with Gasteiger partial charge >= 0.3 is 11.9 Å². The van der Waals surface area contributed by atoms with Crippen molar-refractivity contribution in [2.45, 2.75) is 6.18 Å². The van der Waals surface area contributed by atoms with Gasteiger partial charge in [0.25, 0.3) is 0 Å². The Labute approximate surface area is 95.4 Å². The molecule has 0 spiro atoms. The molecular weight excluding hydrogens is 289 g/mol. The Hall–Kier alpha value is -1.37. The third-order valence-electron chi connectivity index (χ3n) is 1.98. The maximum Gasteiger partial charge on any atom is 0.432 e. The number of nitrogens with zero attached hydrogens (tertiary/aromatic N) is 1. The molecule has 0 saturated carbocycles. The highest BCUT2D eigenvalue weighted by atomic mass is 79.9. The Bertz CT molecular complexity index is 606. The van der Waals surface area contributed by atoms with Crippen molar-refractivity contribution in [1.82, 2.24) is 9.97 Å². The van der Waals surface area contributed by atoms with Gasteiger partial charge in [-0.1, -0.05) is 22.0 Å². The predicted octanol–water partition coefficient (Wildman–Crippen LogP) is 2.70. The highest BCUT2D eigenvalue weighted by molar-refractivity contribution is 9.10. The van der Waals surface area contributed by atoms with Crippen LogP contribution in [0.15, 0.2) is 27.5 Å². The van der Waals surface area contributed by atoms with E-state index in [1.165, 1.54) is 18.2 Å². The van der Waals surface area contributed by atoms with E-state index in [0.717, 1.165) is 0 Å². The van der Waals surface area contributed by atoms with Gasteiger partial charge in [-0.2, -0.15) is 18.2 Å². The summed E-state index contributed by atoms with van der Waals surface area (Å²) in [5.41, 5.74) is -2.10. The Morgan fingerprint density at radius 2 is 2.00 bits per heavy atom. The number of hydrogen-bond acceptors (Lipinski definition) is 2. The summed E-state index contributed by atoms with van der Waals surface area (Å²) in [6.45, 7) is 0. The maximum atomic E-state index is 12.7. The van der Waals surface area contributed by atoms with Crippen LogP contribution in [0, 0.1) is 0 Å². The van der Waals surface area contributed by atoms with Crippen LogP contribution in [-0.4, -0.2) is 9.97 Å². The van der Waals surface area contributed by atoms with Crippen LogP contribution in [-0.2, 0) is 6.18 Å². The summed E-state index contributed by atoms with van der Waals surface area (Å²) < 4.78 is 38.2. The van der Waals surface area contributed by atoms with Crippen LogP contribution in [0.1, 0.15) is 5.69 Å². The first-order valence-electron chi connectivity index (χ1n) is 4.15. The molecular formula is C9H4BrF3N2O. The second-order valence-electron chi connectivity index (χ2n) is 3.05. The minimum atomic E-state index is -4.62. The van der Waals surface area contributed by atoms with Gasteiger partial charge in [0.05, 0.1) is 5.52 Å². The van der Waals surface area contributed by atoms with Crippen LogP contribution in [0.25, 0.3) is 10.9 Å². The first kappa shape index (κ1) is 11.1. The summed E-state index contributed by atoms with van der Waals surface area (Å²) >= 11 is 3.00. The van der Waals surface area contributed by atoms with Crippen LogP contribution < -0.4 is 5.69 Å². The average molecular weight is 293 g/mol. The molecule has 0 atom stereocenters. The molecule has 0 aliphatic heterocycles. The quantitative estimate of drug-likeness (QED) is 0.811. The minimum absolute atomic E-state index is 0.00505. The SMILES string of the molecule is O=c1nc2cccc(Br)c2c(C(F)(F)F)[nH]1. The van der Waals surface area contributed by atoms with Crippen molar-refractivity contribution in [3.63, 3.8) is 0 Å². The summed E-state index contributed by atoms with van der Waals surface area (Å²) in [6.07, 6.45) is -4.62. The number of fused-ring (bicyclic) bond motifs is 1. The van der Waals surface area contributed by atoms with Crippen molar-refractivity contribution in [1.29, 1.82) is 0 Å². The highest BCUT2D eigenvalue weighted by Gasteiger charge is 2.35. The van der Waals surface area contributed by atoms with Crippen LogP contribution in [0.3, 0.4) is 0 Å². The number of aromatic nitrogens is 2. The van der Waals surface area contributed by atoms with Crippen molar-refractivity contribution in [3.8, 4) is 0 Å². The fourth-order valence-corrected chi connectivity index (χ4v) is 1.93. The number of alkyl halides is 3. The fraction of sp³-hybridized carbons (Fsp3) is 0.111. The molecule has 0 radical (unpaired) electrons. The van der Waals surface area contributed by atoms with Gasteiger partial charge in [-0.25, -0.2) is 4.79 Å². The average Bonchev–Trinajstić information content (AvgIpc) is 2.15. The lowest BCUT2D eigenvalue weighted by Crippen LogP contribution is -2.19. The number of H-pyrrole nitrogens is 1. The zero-order valence-electron chi connectivity index (χ0n) is 7.60. The van der Waals surface area contributed by atoms with Gasteiger partial charge in [-0.3, -0.25) is 0 Å². The Balaban J connectivity index is 2.97. The number of benzene rings is 1. The van der Waals surface area contributed by atoms with E-state index in [1.54, 1.807) is 4.98 Å². The maximum absolute atomic E-state index is 12.7. The van der Waals surface area contributed by atoms with E-state index in [1.807, 2.05) is 0 Å². The standard InChI is InChI=1S/C9H4BrF3N2O/c10-4-2-1-3-5-6(4)7(9(11,12)13)15-8(16)14-5/h1-3H,(H,14,15,16). The summed E-state index contributed by atoms with van der Waals surface area (Å²) in [7, 11) is 0. The molecule has 16 heavy (non-hydrogen) atoms. The van der Waals surface area contributed by atoms with Gasteiger partial charge in [-0.15, -0.1) is 0 Å². The summed E-state index contributed by atoms with van der Waals surface area (Å²) in [6, 6.07) is 4.32. The van der Waals surface area contributed by atoms with Crippen molar-refractivity contribution in [3.05, 3.63) is 38.9 Å². The van der Waals surface area contributed by atoms with Crippen LogP contribution in [0.2, 0.25) is 0 Å². The zero-order chi connectivity index (χ0) is 11.9. The topological polar surface area (TPSA) is 45.8 Å². The molecule has 0 aliphatic rings. The van der Waals surface area contributed by atoms with Gasteiger partial charge in [-0.05, 0) is 12.1 Å². The van der Waals surface area contributed by atoms with E-state index in [2.05, 4.69) is 20.9 Å². The Morgan fingerprint density at radius 3 is 2.62 bits per heavy atom. The van der Waals surface area contributed by atoms with Gasteiger partial charge in [0.1, 0.15) is 5.69 Å². The molecule has 0 bridgehead atoms. The molecule has 3 nitrogen and oxygen atoms in total. The third-order valence-corrected chi connectivity index (χ3v) is 2.64. The molecule has 0 aliphatic carbocycles. The monoisotopic (exact) mass is 292 g/mol. The lowest BCUT2D eigenvalue weighted by atomic mass is 10.2. The molecule has 1 aromatic heterocycles. The minimum Gasteiger partial charge on any atom is -0.301 e. The van der Waals surface area contributed by atoms with Gasteiger partial charge < -0.3 is 4.98 Å². The molecule has 1 heterocycles. The van der Waals surface area contributed by atoms with Crippen LogP contribution in [0.5, 0.6) is 0 Å². The smallest absolute Gasteiger partial charge is 0.301 e. The second kappa shape index (κ2) is 3.58. The normalized spacial score (nSPS) is 12.0. The molecule has 2 aromatic rings. The molecule has 0 amide bonds. The number of rotatable bonds is 0. The summed E-state index contributed by atoms with van der Waals surface area (Å²) in [5.74, 6) is 0. The Kier molecular flexibility index (Phi) is 2.49. The number of aromatic amines is 1. The van der Waals surface area contributed by atoms with Gasteiger partial charge in [0, 0.05) is 9.86 Å². The van der Waals surface area contributed by atoms with Crippen LogP contribution >= 0.6 is 15.9 Å². The zero-order valence-corrected chi connectivity index (χ0v) is 9.19. The lowest BCUT2D eigenvalue weighted by Gasteiger charge is -2.10. The fourth-order valence-electron chi connectivity index (χ4n) is 1.37. The summed E-state index contributed by atoms with van der Waals surface area (Å²) in [5, 5.41) is -0.144. The lowest BCUT2D eigenvalue weighted by molar-refractivity contribution is -0.140. The third kappa shape index (κ3) is 1.82. The van der Waals surface area contributed by atoms with Crippen molar-refractivity contribution >= 4 is 26.8 Å². The molecule has 1 aromatic carbocycles. The van der Waals surface area contributed by atoms with Gasteiger partial charge in [0.15, 0.2) is 0 Å².